The number of hydrogen-bond acceptors (Lipinski definition) is 2. The molecule has 0 aromatic rings. The lowest BCUT2D eigenvalue weighted by Crippen LogP contribution is -2.30. The van der Waals surface area contributed by atoms with Crippen LogP contribution in [-0.2, 0) is 4.79 Å². The van der Waals surface area contributed by atoms with Gasteiger partial charge in [0.2, 0.25) is 0 Å². The summed E-state index contributed by atoms with van der Waals surface area (Å²) in [5, 5.41) is 8.95. The van der Waals surface area contributed by atoms with Gasteiger partial charge in [-0.2, -0.15) is 5.26 Å². The lowest BCUT2D eigenvalue weighted by atomic mass is 9.70. The van der Waals surface area contributed by atoms with Crippen molar-refractivity contribution < 1.29 is 4.79 Å². The van der Waals surface area contributed by atoms with Gasteiger partial charge in [-0.15, -0.1) is 0 Å². The first kappa shape index (κ1) is 10.2. The minimum absolute atomic E-state index is 0.272. The molecule has 0 amide bonds. The fraction of sp³-hybridized carbons (Fsp3) is 0.818. The van der Waals surface area contributed by atoms with E-state index in [-0.39, 0.29) is 11.2 Å². The van der Waals surface area contributed by atoms with Crippen molar-refractivity contribution in [1.29, 1.82) is 5.26 Å². The van der Waals surface area contributed by atoms with Crippen LogP contribution in [0, 0.1) is 22.7 Å². The molecule has 0 spiro atoms. The average molecular weight is 179 g/mol. The summed E-state index contributed by atoms with van der Waals surface area (Å²) in [6.07, 6.45) is 4.26. The SMILES string of the molecule is CCCC1CC(=O)CC(C)(C#N)C1. The Morgan fingerprint density at radius 1 is 1.69 bits per heavy atom. The second kappa shape index (κ2) is 3.91. The third-order valence-electron chi connectivity index (χ3n) is 2.81. The molecule has 0 N–H and O–H groups in total. The van der Waals surface area contributed by atoms with E-state index < -0.39 is 0 Å². The molecule has 1 rings (SSSR count). The van der Waals surface area contributed by atoms with Gasteiger partial charge in [-0.25, -0.2) is 0 Å². The van der Waals surface area contributed by atoms with Crippen molar-refractivity contribution in [2.75, 3.05) is 0 Å². The molecule has 2 atom stereocenters. The van der Waals surface area contributed by atoms with Crippen molar-refractivity contribution in [2.45, 2.75) is 46.0 Å². The van der Waals surface area contributed by atoms with Crippen LogP contribution in [0.2, 0.25) is 0 Å². The molecular weight excluding hydrogens is 162 g/mol. The van der Waals surface area contributed by atoms with Crippen molar-refractivity contribution in [1.82, 2.24) is 0 Å². The van der Waals surface area contributed by atoms with Crippen LogP contribution in [0.15, 0.2) is 0 Å². The number of ketones is 1. The highest BCUT2D eigenvalue weighted by Gasteiger charge is 2.35. The summed E-state index contributed by atoms with van der Waals surface area (Å²) < 4.78 is 0. The van der Waals surface area contributed by atoms with Gasteiger partial charge in [0.15, 0.2) is 0 Å². The highest BCUT2D eigenvalue weighted by atomic mass is 16.1. The van der Waals surface area contributed by atoms with Gasteiger partial charge in [0.1, 0.15) is 5.78 Å². The molecule has 0 aromatic carbocycles. The van der Waals surface area contributed by atoms with Crippen molar-refractivity contribution in [3.63, 3.8) is 0 Å². The Labute approximate surface area is 79.9 Å². The van der Waals surface area contributed by atoms with Crippen LogP contribution in [0.4, 0.5) is 0 Å². The van der Waals surface area contributed by atoms with Crippen LogP contribution < -0.4 is 0 Å². The highest BCUT2D eigenvalue weighted by Crippen LogP contribution is 2.38. The summed E-state index contributed by atoms with van der Waals surface area (Å²) in [4.78, 5) is 11.4. The summed E-state index contributed by atoms with van der Waals surface area (Å²) in [5.41, 5.74) is -0.380. The maximum absolute atomic E-state index is 11.4. The zero-order valence-corrected chi connectivity index (χ0v) is 8.47. The summed E-state index contributed by atoms with van der Waals surface area (Å²) >= 11 is 0. The van der Waals surface area contributed by atoms with E-state index in [1.807, 2.05) is 6.92 Å². The molecule has 1 fully saturated rings. The molecule has 13 heavy (non-hydrogen) atoms. The molecular formula is C11H17NO. The maximum Gasteiger partial charge on any atom is 0.134 e. The lowest BCUT2D eigenvalue weighted by Gasteiger charge is -2.31. The van der Waals surface area contributed by atoms with Gasteiger partial charge in [-0.3, -0.25) is 4.79 Å². The van der Waals surface area contributed by atoms with Gasteiger partial charge >= 0.3 is 0 Å². The molecule has 0 bridgehead atoms. The van der Waals surface area contributed by atoms with Crippen molar-refractivity contribution >= 4 is 5.78 Å². The van der Waals surface area contributed by atoms with Crippen molar-refractivity contribution in [3.8, 4) is 6.07 Å². The Kier molecular flexibility index (Phi) is 3.08. The largest absolute Gasteiger partial charge is 0.300 e. The quantitative estimate of drug-likeness (QED) is 0.654. The monoisotopic (exact) mass is 179 g/mol. The fourth-order valence-electron chi connectivity index (χ4n) is 2.31. The number of carbonyl (C=O) groups excluding carboxylic acids is 1. The number of carbonyl (C=O) groups is 1. The molecule has 1 aliphatic rings. The fourth-order valence-corrected chi connectivity index (χ4v) is 2.31. The summed E-state index contributed by atoms with van der Waals surface area (Å²) in [6, 6.07) is 2.28. The smallest absolute Gasteiger partial charge is 0.134 e. The summed E-state index contributed by atoms with van der Waals surface area (Å²) in [6.45, 7) is 4.04. The molecule has 2 unspecified atom stereocenters. The van der Waals surface area contributed by atoms with E-state index in [2.05, 4.69) is 13.0 Å². The summed E-state index contributed by atoms with van der Waals surface area (Å²) in [5.74, 6) is 0.727. The second-order valence-corrected chi connectivity index (χ2v) is 4.45. The van der Waals surface area contributed by atoms with Gasteiger partial charge in [0.25, 0.3) is 0 Å². The number of nitriles is 1. The first-order chi connectivity index (χ1) is 6.09. The standard InChI is InChI=1S/C11H17NO/c1-3-4-9-5-10(13)7-11(2,6-9)8-12/h9H,3-7H2,1-2H3. The van der Waals surface area contributed by atoms with Crippen molar-refractivity contribution in [3.05, 3.63) is 0 Å². The minimum atomic E-state index is -0.380. The number of Topliss-reactive ketones (excluding diaryl/α,β-unsaturated/α-hetero) is 1. The molecule has 0 heterocycles. The van der Waals surface area contributed by atoms with Gasteiger partial charge in [0.05, 0.1) is 11.5 Å². The molecule has 72 valence electrons. The second-order valence-electron chi connectivity index (χ2n) is 4.45. The third kappa shape index (κ3) is 2.55. The van der Waals surface area contributed by atoms with Crippen LogP contribution in [-0.4, -0.2) is 5.78 Å². The molecule has 0 saturated heterocycles. The minimum Gasteiger partial charge on any atom is -0.300 e. The van der Waals surface area contributed by atoms with Crippen molar-refractivity contribution in [2.24, 2.45) is 11.3 Å². The zero-order valence-electron chi connectivity index (χ0n) is 8.47. The average Bonchev–Trinajstić information content (AvgIpc) is 2.03. The number of rotatable bonds is 2. The Bertz CT molecular complexity index is 241. The van der Waals surface area contributed by atoms with E-state index in [9.17, 15) is 4.79 Å². The van der Waals surface area contributed by atoms with Crippen LogP contribution in [0.1, 0.15) is 46.0 Å². The molecule has 0 radical (unpaired) electrons. The normalized spacial score (nSPS) is 34.2. The molecule has 0 aromatic heterocycles. The lowest BCUT2D eigenvalue weighted by molar-refractivity contribution is -0.124. The van der Waals surface area contributed by atoms with E-state index in [1.54, 1.807) is 0 Å². The topological polar surface area (TPSA) is 40.9 Å². The van der Waals surface area contributed by atoms with Crippen LogP contribution >= 0.6 is 0 Å². The Balaban J connectivity index is 2.64. The van der Waals surface area contributed by atoms with Gasteiger partial charge in [-0.1, -0.05) is 19.8 Å². The number of hydrogen-bond donors (Lipinski definition) is 0. The Morgan fingerprint density at radius 2 is 2.38 bits per heavy atom. The predicted molar refractivity (Wildman–Crippen MR) is 51.0 cm³/mol. The van der Waals surface area contributed by atoms with E-state index in [4.69, 9.17) is 5.26 Å². The van der Waals surface area contributed by atoms with Crippen LogP contribution in [0.25, 0.3) is 0 Å². The van der Waals surface area contributed by atoms with Gasteiger partial charge < -0.3 is 0 Å². The van der Waals surface area contributed by atoms with E-state index >= 15 is 0 Å². The predicted octanol–water partition coefficient (Wildman–Crippen LogP) is 2.69. The first-order valence-electron chi connectivity index (χ1n) is 5.02. The molecule has 0 aliphatic heterocycles. The molecule has 1 aliphatic carbocycles. The van der Waals surface area contributed by atoms with E-state index in [0.717, 1.165) is 19.3 Å². The zero-order chi connectivity index (χ0) is 9.90. The third-order valence-corrected chi connectivity index (χ3v) is 2.81. The molecule has 1 saturated carbocycles. The number of nitrogens with zero attached hydrogens (tertiary/aromatic N) is 1. The van der Waals surface area contributed by atoms with E-state index in [1.165, 1.54) is 0 Å². The Morgan fingerprint density at radius 3 is 2.92 bits per heavy atom. The Hall–Kier alpha value is -0.840. The maximum atomic E-state index is 11.4. The van der Waals surface area contributed by atoms with Crippen LogP contribution in [0.3, 0.4) is 0 Å². The van der Waals surface area contributed by atoms with E-state index in [0.29, 0.717) is 18.8 Å². The molecule has 2 nitrogen and oxygen atoms in total. The van der Waals surface area contributed by atoms with Gasteiger partial charge in [0, 0.05) is 12.8 Å². The van der Waals surface area contributed by atoms with Gasteiger partial charge in [-0.05, 0) is 19.3 Å². The van der Waals surface area contributed by atoms with Crippen LogP contribution in [0.5, 0.6) is 0 Å². The highest BCUT2D eigenvalue weighted by molar-refractivity contribution is 5.80. The first-order valence-corrected chi connectivity index (χ1v) is 5.02. The molecule has 2 heteroatoms. The summed E-state index contributed by atoms with van der Waals surface area (Å²) in [7, 11) is 0.